The van der Waals surface area contributed by atoms with Crippen LogP contribution in [-0.4, -0.2) is 16.7 Å². The van der Waals surface area contributed by atoms with Crippen LogP contribution in [0.1, 0.15) is 58.1 Å². The van der Waals surface area contributed by atoms with E-state index in [1.54, 1.807) is 0 Å². The fourth-order valence-electron chi connectivity index (χ4n) is 2.24. The molecule has 0 saturated heterocycles. The van der Waals surface area contributed by atoms with E-state index in [-0.39, 0.29) is 12.6 Å². The number of carbonyl (C=O) groups excluding carboxylic acids is 1. The predicted octanol–water partition coefficient (Wildman–Crippen LogP) is 4.90. The summed E-state index contributed by atoms with van der Waals surface area (Å²) in [5.74, 6) is 0.195. The second kappa shape index (κ2) is 10.1. The lowest BCUT2D eigenvalue weighted by atomic mass is 9.98. The zero-order chi connectivity index (χ0) is 18.0. The van der Waals surface area contributed by atoms with Crippen molar-refractivity contribution < 1.29 is 14.6 Å². The Bertz CT molecular complexity index is 547. The SMILES string of the molecule is CC[C@H](/C=C/c1ccc(CO)cc1)CC/C=C/C(=O)OC(C)(C)C. The summed E-state index contributed by atoms with van der Waals surface area (Å²) in [6.45, 7) is 7.84. The molecule has 1 atom stereocenters. The van der Waals surface area contributed by atoms with Gasteiger partial charge in [-0.05, 0) is 57.1 Å². The highest BCUT2D eigenvalue weighted by Gasteiger charge is 2.13. The summed E-state index contributed by atoms with van der Waals surface area (Å²) in [5.41, 5.74) is 1.61. The Balaban J connectivity index is 2.44. The summed E-state index contributed by atoms with van der Waals surface area (Å²) >= 11 is 0. The van der Waals surface area contributed by atoms with Crippen LogP contribution < -0.4 is 0 Å². The molecule has 0 bridgehead atoms. The second-order valence-electron chi connectivity index (χ2n) is 6.94. The number of hydrogen-bond donors (Lipinski definition) is 1. The van der Waals surface area contributed by atoms with Crippen LogP contribution >= 0.6 is 0 Å². The van der Waals surface area contributed by atoms with Gasteiger partial charge in [0.05, 0.1) is 6.61 Å². The van der Waals surface area contributed by atoms with Gasteiger partial charge in [-0.2, -0.15) is 0 Å². The molecule has 0 aliphatic heterocycles. The van der Waals surface area contributed by atoms with Crippen LogP contribution in [0, 0.1) is 5.92 Å². The first kappa shape index (κ1) is 20.2. The molecular formula is C21H30O3. The lowest BCUT2D eigenvalue weighted by Gasteiger charge is -2.17. The third-order valence-corrected chi connectivity index (χ3v) is 3.61. The largest absolute Gasteiger partial charge is 0.457 e. The van der Waals surface area contributed by atoms with Gasteiger partial charge in [0.1, 0.15) is 5.60 Å². The molecule has 0 saturated carbocycles. The maximum absolute atomic E-state index is 11.6. The van der Waals surface area contributed by atoms with Crippen molar-refractivity contribution in [2.75, 3.05) is 0 Å². The van der Waals surface area contributed by atoms with Gasteiger partial charge in [0.2, 0.25) is 0 Å². The number of aliphatic hydroxyl groups excluding tert-OH is 1. The van der Waals surface area contributed by atoms with Crippen LogP contribution in [0.5, 0.6) is 0 Å². The van der Waals surface area contributed by atoms with Crippen LogP contribution in [0.2, 0.25) is 0 Å². The Morgan fingerprint density at radius 2 is 1.92 bits per heavy atom. The van der Waals surface area contributed by atoms with Gasteiger partial charge in [0.25, 0.3) is 0 Å². The van der Waals surface area contributed by atoms with Gasteiger partial charge in [-0.3, -0.25) is 0 Å². The van der Waals surface area contributed by atoms with Gasteiger partial charge in [-0.25, -0.2) is 4.79 Å². The van der Waals surface area contributed by atoms with Gasteiger partial charge in [-0.1, -0.05) is 49.4 Å². The quantitative estimate of drug-likeness (QED) is 0.545. The van der Waals surface area contributed by atoms with E-state index >= 15 is 0 Å². The molecule has 132 valence electrons. The van der Waals surface area contributed by atoms with E-state index in [1.807, 2.05) is 51.1 Å². The van der Waals surface area contributed by atoms with Crippen LogP contribution in [0.15, 0.2) is 42.5 Å². The summed E-state index contributed by atoms with van der Waals surface area (Å²) < 4.78 is 5.24. The Kier molecular flexibility index (Phi) is 8.48. The number of ether oxygens (including phenoxy) is 1. The molecule has 0 heterocycles. The number of hydrogen-bond acceptors (Lipinski definition) is 3. The molecular weight excluding hydrogens is 300 g/mol. The van der Waals surface area contributed by atoms with E-state index in [1.165, 1.54) is 6.08 Å². The summed E-state index contributed by atoms with van der Waals surface area (Å²) in [6.07, 6.45) is 10.7. The Labute approximate surface area is 146 Å². The zero-order valence-corrected chi connectivity index (χ0v) is 15.3. The summed E-state index contributed by atoms with van der Waals surface area (Å²) in [4.78, 5) is 11.6. The van der Waals surface area contributed by atoms with E-state index in [4.69, 9.17) is 9.84 Å². The monoisotopic (exact) mass is 330 g/mol. The standard InChI is InChI=1S/C21H30O3/c1-5-17(8-6-7-9-20(23)24-21(2,3)4)10-11-18-12-14-19(16-22)15-13-18/h7,9-15,17,22H,5-6,8,16H2,1-4H3/b9-7+,11-10+/t17-/m0/s1. The highest BCUT2D eigenvalue weighted by atomic mass is 16.6. The number of benzene rings is 1. The van der Waals surface area contributed by atoms with Crippen LogP contribution in [-0.2, 0) is 16.1 Å². The molecule has 1 aromatic rings. The normalized spacial score (nSPS) is 13.5. The predicted molar refractivity (Wildman–Crippen MR) is 99.4 cm³/mol. The van der Waals surface area contributed by atoms with Crippen molar-refractivity contribution in [1.29, 1.82) is 0 Å². The van der Waals surface area contributed by atoms with E-state index < -0.39 is 5.60 Å². The maximum atomic E-state index is 11.6. The van der Waals surface area contributed by atoms with Crippen molar-refractivity contribution in [3.05, 3.63) is 53.6 Å². The van der Waals surface area contributed by atoms with Gasteiger partial charge in [0.15, 0.2) is 0 Å². The van der Waals surface area contributed by atoms with Gasteiger partial charge in [-0.15, -0.1) is 0 Å². The smallest absolute Gasteiger partial charge is 0.330 e. The number of rotatable bonds is 8. The fraction of sp³-hybridized carbons (Fsp3) is 0.476. The first-order chi connectivity index (χ1) is 11.3. The van der Waals surface area contributed by atoms with Crippen LogP contribution in [0.25, 0.3) is 6.08 Å². The van der Waals surface area contributed by atoms with Crippen molar-refractivity contribution >= 4 is 12.0 Å². The average molecular weight is 330 g/mol. The molecule has 1 rings (SSSR count). The molecule has 1 aromatic carbocycles. The Morgan fingerprint density at radius 3 is 2.46 bits per heavy atom. The zero-order valence-electron chi connectivity index (χ0n) is 15.3. The van der Waals surface area contributed by atoms with E-state index in [9.17, 15) is 4.79 Å². The lowest BCUT2D eigenvalue weighted by Crippen LogP contribution is -2.22. The second-order valence-corrected chi connectivity index (χ2v) is 6.94. The number of carbonyl (C=O) groups is 1. The number of esters is 1. The first-order valence-electron chi connectivity index (χ1n) is 8.61. The Morgan fingerprint density at radius 1 is 1.25 bits per heavy atom. The molecule has 0 amide bonds. The average Bonchev–Trinajstić information content (AvgIpc) is 2.53. The van der Waals surface area contributed by atoms with Crippen LogP contribution in [0.4, 0.5) is 0 Å². The number of allylic oxidation sites excluding steroid dienone is 2. The summed E-state index contributed by atoms with van der Waals surface area (Å²) in [5, 5.41) is 9.05. The van der Waals surface area contributed by atoms with E-state index in [2.05, 4.69) is 19.1 Å². The number of aliphatic hydroxyl groups is 1. The fourth-order valence-corrected chi connectivity index (χ4v) is 2.24. The lowest BCUT2D eigenvalue weighted by molar-refractivity contribution is -0.148. The molecule has 24 heavy (non-hydrogen) atoms. The third-order valence-electron chi connectivity index (χ3n) is 3.61. The molecule has 0 aliphatic carbocycles. The summed E-state index contributed by atoms with van der Waals surface area (Å²) in [6, 6.07) is 7.89. The van der Waals surface area contributed by atoms with Crippen molar-refractivity contribution in [1.82, 2.24) is 0 Å². The van der Waals surface area contributed by atoms with Crippen molar-refractivity contribution in [2.24, 2.45) is 5.92 Å². The third kappa shape index (κ3) is 8.68. The highest BCUT2D eigenvalue weighted by Crippen LogP contribution is 2.16. The van der Waals surface area contributed by atoms with E-state index in [0.29, 0.717) is 5.92 Å². The molecule has 0 aromatic heterocycles. The molecule has 0 radical (unpaired) electrons. The van der Waals surface area contributed by atoms with Gasteiger partial charge < -0.3 is 9.84 Å². The van der Waals surface area contributed by atoms with Crippen molar-refractivity contribution in [3.63, 3.8) is 0 Å². The molecule has 1 N–H and O–H groups in total. The van der Waals surface area contributed by atoms with Crippen LogP contribution in [0.3, 0.4) is 0 Å². The molecule has 0 aliphatic rings. The van der Waals surface area contributed by atoms with Crippen molar-refractivity contribution in [2.45, 2.75) is 59.2 Å². The highest BCUT2D eigenvalue weighted by molar-refractivity contribution is 5.82. The van der Waals surface area contributed by atoms with Crippen molar-refractivity contribution in [3.8, 4) is 0 Å². The van der Waals surface area contributed by atoms with Gasteiger partial charge >= 0.3 is 5.97 Å². The summed E-state index contributed by atoms with van der Waals surface area (Å²) in [7, 11) is 0. The van der Waals surface area contributed by atoms with E-state index in [0.717, 1.165) is 30.4 Å². The minimum atomic E-state index is -0.443. The minimum Gasteiger partial charge on any atom is -0.457 e. The molecule has 3 nitrogen and oxygen atoms in total. The molecule has 3 heteroatoms. The maximum Gasteiger partial charge on any atom is 0.330 e. The minimum absolute atomic E-state index is 0.0750. The molecule has 0 fully saturated rings. The topological polar surface area (TPSA) is 46.5 Å². The van der Waals surface area contributed by atoms with Gasteiger partial charge in [0, 0.05) is 6.08 Å². The molecule has 0 unspecified atom stereocenters. The first-order valence-corrected chi connectivity index (χ1v) is 8.61. The Hall–Kier alpha value is -1.87. The molecule has 0 spiro atoms.